The van der Waals surface area contributed by atoms with Crippen LogP contribution in [-0.2, 0) is 11.2 Å². The van der Waals surface area contributed by atoms with Crippen LogP contribution in [0.15, 0.2) is 22.7 Å². The summed E-state index contributed by atoms with van der Waals surface area (Å²) in [4.78, 5) is 11.5. The predicted octanol–water partition coefficient (Wildman–Crippen LogP) is 2.24. The number of nitrogens with two attached hydrogens (primary N) is 1. The Kier molecular flexibility index (Phi) is 6.87. The van der Waals surface area contributed by atoms with Crippen molar-refractivity contribution in [1.29, 1.82) is 0 Å². The summed E-state index contributed by atoms with van der Waals surface area (Å²) in [6.45, 7) is 4.82. The number of ether oxygens (including phenoxy) is 1. The van der Waals surface area contributed by atoms with Crippen molar-refractivity contribution in [2.45, 2.75) is 32.7 Å². The number of carbonyl (C=O) groups is 1. The van der Waals surface area contributed by atoms with Gasteiger partial charge < -0.3 is 15.8 Å². The Balaban J connectivity index is 2.50. The maximum atomic E-state index is 11.5. The van der Waals surface area contributed by atoms with Crippen LogP contribution in [0.25, 0.3) is 0 Å². The molecule has 1 amide bonds. The predicted molar refractivity (Wildman–Crippen MR) is 80.3 cm³/mol. The Morgan fingerprint density at radius 3 is 2.84 bits per heavy atom. The minimum absolute atomic E-state index is 0.00693. The Labute approximate surface area is 122 Å². The molecule has 0 saturated heterocycles. The van der Waals surface area contributed by atoms with Gasteiger partial charge in [0.1, 0.15) is 5.75 Å². The summed E-state index contributed by atoms with van der Waals surface area (Å²) in [5, 5.41) is 2.83. The molecule has 0 aromatic heterocycles. The van der Waals surface area contributed by atoms with Gasteiger partial charge in [0.2, 0.25) is 5.91 Å². The van der Waals surface area contributed by atoms with Crippen molar-refractivity contribution in [3.8, 4) is 5.75 Å². The van der Waals surface area contributed by atoms with Crippen molar-refractivity contribution in [2.24, 2.45) is 5.73 Å². The summed E-state index contributed by atoms with van der Waals surface area (Å²) in [5.74, 6) is 0.804. The lowest BCUT2D eigenvalue weighted by atomic mass is 10.1. The number of carbonyl (C=O) groups excluding carboxylic acids is 1. The molecule has 1 aromatic carbocycles. The molecule has 5 heteroatoms. The quantitative estimate of drug-likeness (QED) is 0.806. The van der Waals surface area contributed by atoms with Crippen LogP contribution in [0.1, 0.15) is 25.8 Å². The average molecular weight is 329 g/mol. The van der Waals surface area contributed by atoms with E-state index >= 15 is 0 Å². The fraction of sp³-hybridized carbons (Fsp3) is 0.500. The smallest absolute Gasteiger partial charge is 0.223 e. The lowest BCUT2D eigenvalue weighted by Gasteiger charge is -2.12. The molecule has 0 aliphatic heterocycles. The molecule has 0 saturated carbocycles. The summed E-state index contributed by atoms with van der Waals surface area (Å²) in [7, 11) is 0. The zero-order valence-electron chi connectivity index (χ0n) is 11.4. The molecule has 1 rings (SSSR count). The van der Waals surface area contributed by atoms with Crippen LogP contribution < -0.4 is 15.8 Å². The summed E-state index contributed by atoms with van der Waals surface area (Å²) in [6, 6.07) is 5.97. The molecule has 0 spiro atoms. The molecule has 3 N–H and O–H groups in total. The van der Waals surface area contributed by atoms with Gasteiger partial charge in [-0.15, -0.1) is 0 Å². The molecule has 0 unspecified atom stereocenters. The van der Waals surface area contributed by atoms with Crippen LogP contribution in [-0.4, -0.2) is 25.1 Å². The largest absolute Gasteiger partial charge is 0.493 e. The Morgan fingerprint density at radius 2 is 2.21 bits per heavy atom. The standard InChI is InChI=1S/C14H21BrN2O2/c1-10(2)17-14(18)6-8-19-13-4-3-12(15)9-11(13)5-7-16/h3-4,9-10H,5-8,16H2,1-2H3,(H,17,18). The number of rotatable bonds is 7. The first-order valence-electron chi connectivity index (χ1n) is 6.43. The van der Waals surface area contributed by atoms with E-state index in [4.69, 9.17) is 10.5 Å². The van der Waals surface area contributed by atoms with Crippen molar-refractivity contribution in [1.82, 2.24) is 5.32 Å². The van der Waals surface area contributed by atoms with Crippen molar-refractivity contribution in [2.75, 3.05) is 13.2 Å². The normalized spacial score (nSPS) is 10.6. The van der Waals surface area contributed by atoms with E-state index in [1.807, 2.05) is 32.0 Å². The number of benzene rings is 1. The molecule has 0 bridgehead atoms. The molecule has 0 atom stereocenters. The first-order valence-corrected chi connectivity index (χ1v) is 7.23. The molecule has 106 valence electrons. The van der Waals surface area contributed by atoms with E-state index < -0.39 is 0 Å². The molecule has 0 radical (unpaired) electrons. The van der Waals surface area contributed by atoms with E-state index in [0.717, 1.165) is 22.2 Å². The van der Waals surface area contributed by atoms with Crippen LogP contribution in [0.5, 0.6) is 5.75 Å². The fourth-order valence-corrected chi connectivity index (χ4v) is 2.10. The minimum Gasteiger partial charge on any atom is -0.493 e. The third kappa shape index (κ3) is 6.07. The maximum absolute atomic E-state index is 11.5. The second-order valence-electron chi connectivity index (χ2n) is 4.61. The van der Waals surface area contributed by atoms with Gasteiger partial charge in [-0.2, -0.15) is 0 Å². The molecule has 19 heavy (non-hydrogen) atoms. The molecule has 0 heterocycles. The first-order chi connectivity index (χ1) is 9.02. The van der Waals surface area contributed by atoms with E-state index in [2.05, 4.69) is 21.2 Å². The number of hydrogen-bond donors (Lipinski definition) is 2. The Hall–Kier alpha value is -1.07. The lowest BCUT2D eigenvalue weighted by molar-refractivity contribution is -0.122. The minimum atomic E-state index is 0.00693. The zero-order valence-corrected chi connectivity index (χ0v) is 13.0. The van der Waals surface area contributed by atoms with E-state index in [1.54, 1.807) is 0 Å². The van der Waals surface area contributed by atoms with Crippen molar-refractivity contribution in [3.63, 3.8) is 0 Å². The van der Waals surface area contributed by atoms with E-state index in [1.165, 1.54) is 0 Å². The van der Waals surface area contributed by atoms with E-state index in [-0.39, 0.29) is 11.9 Å². The molecule has 4 nitrogen and oxygen atoms in total. The van der Waals surface area contributed by atoms with Gasteiger partial charge in [0.05, 0.1) is 13.0 Å². The first kappa shape index (κ1) is 16.0. The summed E-state index contributed by atoms with van der Waals surface area (Å²) < 4.78 is 6.66. The Morgan fingerprint density at radius 1 is 1.47 bits per heavy atom. The Bertz CT molecular complexity index is 422. The highest BCUT2D eigenvalue weighted by Gasteiger charge is 2.07. The van der Waals surface area contributed by atoms with Gasteiger partial charge in [0.15, 0.2) is 0 Å². The molecule has 0 fully saturated rings. The highest BCUT2D eigenvalue weighted by molar-refractivity contribution is 9.10. The second-order valence-corrected chi connectivity index (χ2v) is 5.53. The number of nitrogens with one attached hydrogen (secondary N) is 1. The molecular formula is C14H21BrN2O2. The van der Waals surface area contributed by atoms with Crippen LogP contribution in [0.2, 0.25) is 0 Å². The fourth-order valence-electron chi connectivity index (χ4n) is 1.69. The molecule has 1 aromatic rings. The van der Waals surface area contributed by atoms with Gasteiger partial charge >= 0.3 is 0 Å². The molecular weight excluding hydrogens is 308 g/mol. The lowest BCUT2D eigenvalue weighted by Crippen LogP contribution is -2.31. The topological polar surface area (TPSA) is 64.3 Å². The van der Waals surface area contributed by atoms with Crippen molar-refractivity contribution in [3.05, 3.63) is 28.2 Å². The number of hydrogen-bond acceptors (Lipinski definition) is 3. The maximum Gasteiger partial charge on any atom is 0.223 e. The van der Waals surface area contributed by atoms with Gasteiger partial charge in [-0.25, -0.2) is 0 Å². The zero-order chi connectivity index (χ0) is 14.3. The van der Waals surface area contributed by atoms with E-state index in [0.29, 0.717) is 19.6 Å². The molecule has 0 aliphatic carbocycles. The number of amides is 1. The highest BCUT2D eigenvalue weighted by Crippen LogP contribution is 2.23. The highest BCUT2D eigenvalue weighted by atomic mass is 79.9. The van der Waals surface area contributed by atoms with Gasteiger partial charge in [-0.3, -0.25) is 4.79 Å². The van der Waals surface area contributed by atoms with Crippen molar-refractivity contribution >= 4 is 21.8 Å². The summed E-state index contributed by atoms with van der Waals surface area (Å²) in [6.07, 6.45) is 1.11. The van der Waals surface area contributed by atoms with Crippen LogP contribution in [0.3, 0.4) is 0 Å². The summed E-state index contributed by atoms with van der Waals surface area (Å²) >= 11 is 3.42. The van der Waals surface area contributed by atoms with E-state index in [9.17, 15) is 4.79 Å². The van der Waals surface area contributed by atoms with Gasteiger partial charge in [0.25, 0.3) is 0 Å². The average Bonchev–Trinajstić information content (AvgIpc) is 2.31. The van der Waals surface area contributed by atoms with Crippen LogP contribution in [0.4, 0.5) is 0 Å². The third-order valence-corrected chi connectivity index (χ3v) is 2.97. The van der Waals surface area contributed by atoms with Gasteiger partial charge in [0, 0.05) is 10.5 Å². The van der Waals surface area contributed by atoms with Gasteiger partial charge in [-0.05, 0) is 50.6 Å². The number of halogens is 1. The monoisotopic (exact) mass is 328 g/mol. The SMILES string of the molecule is CC(C)NC(=O)CCOc1ccc(Br)cc1CCN. The van der Waals surface area contributed by atoms with Crippen molar-refractivity contribution < 1.29 is 9.53 Å². The summed E-state index contributed by atoms with van der Waals surface area (Å²) in [5.41, 5.74) is 6.63. The molecule has 0 aliphatic rings. The second kappa shape index (κ2) is 8.17. The third-order valence-electron chi connectivity index (χ3n) is 2.47. The van der Waals surface area contributed by atoms with Crippen LogP contribution in [0, 0.1) is 0 Å². The van der Waals surface area contributed by atoms with Gasteiger partial charge in [-0.1, -0.05) is 15.9 Å². The van der Waals surface area contributed by atoms with Crippen LogP contribution >= 0.6 is 15.9 Å².